The maximum absolute atomic E-state index is 6.13. The largest absolute Gasteiger partial charge is 0.494 e. The summed E-state index contributed by atoms with van der Waals surface area (Å²) >= 11 is 0. The minimum atomic E-state index is 0.184. The van der Waals surface area contributed by atoms with E-state index in [-0.39, 0.29) is 12.1 Å². The minimum Gasteiger partial charge on any atom is -0.494 e. The molecule has 1 aliphatic rings. The molecule has 0 aliphatic carbocycles. The summed E-state index contributed by atoms with van der Waals surface area (Å²) in [6.07, 6.45) is 1.32. The normalized spacial score (nSPS) is 24.8. The first-order chi connectivity index (χ1) is 10.2. The molecule has 1 aromatic carbocycles. The lowest BCUT2D eigenvalue weighted by molar-refractivity contribution is -0.0722. The van der Waals surface area contributed by atoms with Crippen molar-refractivity contribution in [2.75, 3.05) is 26.3 Å². The Bertz CT molecular complexity index is 439. The fourth-order valence-corrected chi connectivity index (χ4v) is 3.09. The number of benzene rings is 1. The zero-order chi connectivity index (χ0) is 15.2. The molecule has 0 radical (unpaired) electrons. The molecule has 1 saturated heterocycles. The Kier molecular flexibility index (Phi) is 6.03. The summed E-state index contributed by atoms with van der Waals surface area (Å²) in [5.74, 6) is 0.949. The van der Waals surface area contributed by atoms with Crippen LogP contribution in [-0.2, 0) is 4.74 Å². The first-order valence-electron chi connectivity index (χ1n) is 8.00. The SMILES string of the molecule is CCOc1ccccc1C(CN)N1CC(C)OCC1CC. The average molecular weight is 292 g/mol. The maximum atomic E-state index is 6.13. The third-order valence-corrected chi connectivity index (χ3v) is 4.18. The van der Waals surface area contributed by atoms with E-state index in [1.54, 1.807) is 0 Å². The number of hydrogen-bond acceptors (Lipinski definition) is 4. The quantitative estimate of drug-likeness (QED) is 0.875. The Morgan fingerprint density at radius 3 is 2.81 bits per heavy atom. The van der Waals surface area contributed by atoms with Crippen LogP contribution in [0.4, 0.5) is 0 Å². The van der Waals surface area contributed by atoms with Crippen molar-refractivity contribution >= 4 is 0 Å². The van der Waals surface area contributed by atoms with Gasteiger partial charge in [0, 0.05) is 24.7 Å². The number of nitrogens with zero attached hydrogens (tertiary/aromatic N) is 1. The number of ether oxygens (including phenoxy) is 2. The van der Waals surface area contributed by atoms with Gasteiger partial charge in [-0.1, -0.05) is 25.1 Å². The lowest BCUT2D eigenvalue weighted by atomic mass is 9.99. The molecule has 1 aliphatic heterocycles. The van der Waals surface area contributed by atoms with Crippen LogP contribution in [0.2, 0.25) is 0 Å². The molecule has 21 heavy (non-hydrogen) atoms. The summed E-state index contributed by atoms with van der Waals surface area (Å²) in [5, 5.41) is 0. The molecule has 1 heterocycles. The molecular formula is C17H28N2O2. The minimum absolute atomic E-state index is 0.184. The van der Waals surface area contributed by atoms with Crippen LogP contribution in [0.1, 0.15) is 38.8 Å². The van der Waals surface area contributed by atoms with E-state index in [0.717, 1.165) is 25.3 Å². The molecule has 0 spiro atoms. The van der Waals surface area contributed by atoms with Gasteiger partial charge in [0.2, 0.25) is 0 Å². The third-order valence-electron chi connectivity index (χ3n) is 4.18. The summed E-state index contributed by atoms with van der Waals surface area (Å²) in [7, 11) is 0. The summed E-state index contributed by atoms with van der Waals surface area (Å²) in [6, 6.07) is 8.85. The number of para-hydroxylation sites is 1. The van der Waals surface area contributed by atoms with Crippen LogP contribution in [0.25, 0.3) is 0 Å². The standard InChI is InChI=1S/C17H28N2O2/c1-4-14-12-21-13(3)11-19(14)16(10-18)15-8-6-7-9-17(15)20-5-2/h6-9,13-14,16H,4-5,10-12,18H2,1-3H3. The van der Waals surface area contributed by atoms with Crippen molar-refractivity contribution in [3.63, 3.8) is 0 Å². The maximum Gasteiger partial charge on any atom is 0.124 e. The first-order valence-corrected chi connectivity index (χ1v) is 8.00. The first kappa shape index (κ1) is 16.3. The molecule has 0 amide bonds. The van der Waals surface area contributed by atoms with Gasteiger partial charge in [0.25, 0.3) is 0 Å². The Morgan fingerprint density at radius 1 is 1.38 bits per heavy atom. The highest BCUT2D eigenvalue weighted by atomic mass is 16.5. The molecule has 2 N–H and O–H groups in total. The molecule has 118 valence electrons. The van der Waals surface area contributed by atoms with Gasteiger partial charge >= 0.3 is 0 Å². The van der Waals surface area contributed by atoms with Gasteiger partial charge in [0.15, 0.2) is 0 Å². The average Bonchev–Trinajstić information content (AvgIpc) is 2.50. The Morgan fingerprint density at radius 2 is 2.14 bits per heavy atom. The van der Waals surface area contributed by atoms with Gasteiger partial charge in [0.05, 0.1) is 25.4 Å². The van der Waals surface area contributed by atoms with E-state index in [1.165, 1.54) is 5.56 Å². The second kappa shape index (κ2) is 7.78. The van der Waals surface area contributed by atoms with Crippen LogP contribution in [-0.4, -0.2) is 43.3 Å². The molecule has 3 atom stereocenters. The van der Waals surface area contributed by atoms with Crippen LogP contribution in [0, 0.1) is 0 Å². The Balaban J connectivity index is 2.29. The van der Waals surface area contributed by atoms with Crippen LogP contribution in [0.3, 0.4) is 0 Å². The van der Waals surface area contributed by atoms with E-state index in [9.17, 15) is 0 Å². The number of morpholine rings is 1. The van der Waals surface area contributed by atoms with Crippen molar-refractivity contribution < 1.29 is 9.47 Å². The van der Waals surface area contributed by atoms with E-state index in [0.29, 0.717) is 19.2 Å². The molecule has 3 unspecified atom stereocenters. The van der Waals surface area contributed by atoms with Crippen LogP contribution in [0.15, 0.2) is 24.3 Å². The van der Waals surface area contributed by atoms with Crippen molar-refractivity contribution in [2.24, 2.45) is 5.73 Å². The molecule has 0 bridgehead atoms. The molecule has 4 nitrogen and oxygen atoms in total. The van der Waals surface area contributed by atoms with Crippen molar-refractivity contribution in [1.82, 2.24) is 4.90 Å². The van der Waals surface area contributed by atoms with Gasteiger partial charge in [-0.15, -0.1) is 0 Å². The predicted octanol–water partition coefficient (Wildman–Crippen LogP) is 2.58. The molecule has 2 rings (SSSR count). The molecule has 4 heteroatoms. The molecule has 0 aromatic heterocycles. The summed E-state index contributed by atoms with van der Waals surface area (Å²) in [6.45, 7) is 9.31. The fraction of sp³-hybridized carbons (Fsp3) is 0.647. The van der Waals surface area contributed by atoms with Crippen LogP contribution >= 0.6 is 0 Å². The zero-order valence-electron chi connectivity index (χ0n) is 13.4. The van der Waals surface area contributed by atoms with Crippen molar-refractivity contribution in [3.05, 3.63) is 29.8 Å². The predicted molar refractivity (Wildman–Crippen MR) is 85.6 cm³/mol. The molecular weight excluding hydrogens is 264 g/mol. The summed E-state index contributed by atoms with van der Waals surface area (Å²) in [4.78, 5) is 2.49. The number of hydrogen-bond donors (Lipinski definition) is 1. The third kappa shape index (κ3) is 3.76. The van der Waals surface area contributed by atoms with E-state index in [2.05, 4.69) is 30.9 Å². The van der Waals surface area contributed by atoms with Gasteiger partial charge < -0.3 is 15.2 Å². The van der Waals surface area contributed by atoms with Crippen molar-refractivity contribution in [2.45, 2.75) is 45.4 Å². The zero-order valence-corrected chi connectivity index (χ0v) is 13.4. The highest BCUT2D eigenvalue weighted by Crippen LogP contribution is 2.32. The number of rotatable bonds is 6. The monoisotopic (exact) mass is 292 g/mol. The van der Waals surface area contributed by atoms with Gasteiger partial charge in [-0.05, 0) is 26.3 Å². The second-order valence-corrected chi connectivity index (χ2v) is 5.63. The number of nitrogens with two attached hydrogens (primary N) is 1. The van der Waals surface area contributed by atoms with E-state index in [4.69, 9.17) is 15.2 Å². The van der Waals surface area contributed by atoms with Crippen molar-refractivity contribution in [3.8, 4) is 5.75 Å². The summed E-state index contributed by atoms with van der Waals surface area (Å²) in [5.41, 5.74) is 7.31. The van der Waals surface area contributed by atoms with Gasteiger partial charge in [-0.3, -0.25) is 4.90 Å². The Hall–Kier alpha value is -1.10. The topological polar surface area (TPSA) is 47.7 Å². The highest BCUT2D eigenvalue weighted by Gasteiger charge is 2.32. The highest BCUT2D eigenvalue weighted by molar-refractivity contribution is 5.36. The summed E-state index contributed by atoms with van der Waals surface area (Å²) < 4.78 is 11.6. The van der Waals surface area contributed by atoms with E-state index < -0.39 is 0 Å². The van der Waals surface area contributed by atoms with Crippen LogP contribution < -0.4 is 10.5 Å². The molecule has 0 saturated carbocycles. The van der Waals surface area contributed by atoms with Gasteiger partial charge in [-0.25, -0.2) is 0 Å². The van der Waals surface area contributed by atoms with Crippen LogP contribution in [0.5, 0.6) is 5.75 Å². The van der Waals surface area contributed by atoms with E-state index >= 15 is 0 Å². The smallest absolute Gasteiger partial charge is 0.124 e. The second-order valence-electron chi connectivity index (χ2n) is 5.63. The fourth-order valence-electron chi connectivity index (χ4n) is 3.09. The lowest BCUT2D eigenvalue weighted by Crippen LogP contribution is -2.51. The Labute approximate surface area is 128 Å². The van der Waals surface area contributed by atoms with Gasteiger partial charge in [-0.2, -0.15) is 0 Å². The van der Waals surface area contributed by atoms with Crippen molar-refractivity contribution in [1.29, 1.82) is 0 Å². The van der Waals surface area contributed by atoms with E-state index in [1.807, 2.05) is 19.1 Å². The lowest BCUT2D eigenvalue weighted by Gasteiger charge is -2.43. The van der Waals surface area contributed by atoms with Gasteiger partial charge in [0.1, 0.15) is 5.75 Å². The molecule has 1 aromatic rings. The molecule has 1 fully saturated rings.